The minimum atomic E-state index is -3.57. The highest BCUT2D eigenvalue weighted by Gasteiger charge is 2.12. The molecule has 7 nitrogen and oxygen atoms in total. The van der Waals surface area contributed by atoms with Crippen molar-refractivity contribution >= 4 is 27.5 Å². The van der Waals surface area contributed by atoms with Gasteiger partial charge < -0.3 is 11.1 Å². The van der Waals surface area contributed by atoms with Gasteiger partial charge in [0.15, 0.2) is 11.6 Å². The number of nitrogens with zero attached hydrogens (tertiary/aromatic N) is 2. The number of hydrogen-bond acceptors (Lipinski definition) is 6. The zero-order valence-electron chi connectivity index (χ0n) is 10.5. The molecular weight excluding hydrogens is 285 g/mol. The van der Waals surface area contributed by atoms with E-state index in [1.54, 1.807) is 6.07 Å². The van der Waals surface area contributed by atoms with Crippen molar-refractivity contribution in [2.24, 2.45) is 0 Å². The molecule has 0 spiro atoms. The lowest BCUT2D eigenvalue weighted by Gasteiger charge is -2.08. The monoisotopic (exact) mass is 297 g/mol. The largest absolute Gasteiger partial charge is 0.368 e. The van der Waals surface area contributed by atoms with Crippen LogP contribution in [0.2, 0.25) is 0 Å². The number of anilines is 3. The number of hydrogen-bond donors (Lipinski definition) is 3. The normalized spacial score (nSPS) is 11.3. The smallest absolute Gasteiger partial charge is 0.240 e. The Kier molecular flexibility index (Phi) is 3.81. The first kappa shape index (κ1) is 14.2. The number of halogens is 1. The van der Waals surface area contributed by atoms with Gasteiger partial charge in [0.1, 0.15) is 0 Å². The summed E-state index contributed by atoms with van der Waals surface area (Å²) >= 11 is 0. The van der Waals surface area contributed by atoms with Gasteiger partial charge in [-0.15, -0.1) is 0 Å². The van der Waals surface area contributed by atoms with Crippen LogP contribution in [0.25, 0.3) is 0 Å². The molecule has 0 aliphatic rings. The maximum Gasteiger partial charge on any atom is 0.240 e. The van der Waals surface area contributed by atoms with Crippen molar-refractivity contribution < 1.29 is 12.8 Å². The predicted molar refractivity (Wildman–Crippen MR) is 72.4 cm³/mol. The second kappa shape index (κ2) is 5.39. The Morgan fingerprint density at radius 3 is 2.80 bits per heavy atom. The highest BCUT2D eigenvalue weighted by molar-refractivity contribution is 7.89. The van der Waals surface area contributed by atoms with Gasteiger partial charge in [0.2, 0.25) is 16.0 Å². The first-order valence-electron chi connectivity index (χ1n) is 5.51. The highest BCUT2D eigenvalue weighted by Crippen LogP contribution is 2.20. The van der Waals surface area contributed by atoms with Crippen molar-refractivity contribution in [3.63, 3.8) is 0 Å². The van der Waals surface area contributed by atoms with Gasteiger partial charge in [-0.1, -0.05) is 6.07 Å². The van der Waals surface area contributed by atoms with Crippen LogP contribution in [-0.2, 0) is 10.0 Å². The number of nitrogen functional groups attached to an aromatic ring is 1. The third kappa shape index (κ3) is 3.00. The van der Waals surface area contributed by atoms with E-state index in [1.807, 2.05) is 0 Å². The number of rotatable bonds is 4. The molecule has 4 N–H and O–H groups in total. The van der Waals surface area contributed by atoms with E-state index in [9.17, 15) is 12.8 Å². The first-order valence-corrected chi connectivity index (χ1v) is 6.99. The fraction of sp³-hybridized carbons (Fsp3) is 0.0909. The molecule has 0 radical (unpaired) electrons. The minimum absolute atomic E-state index is 0.0486. The molecule has 9 heteroatoms. The van der Waals surface area contributed by atoms with Crippen LogP contribution < -0.4 is 15.8 Å². The van der Waals surface area contributed by atoms with Crippen LogP contribution in [0.1, 0.15) is 0 Å². The van der Waals surface area contributed by atoms with Crippen LogP contribution in [0.4, 0.5) is 21.8 Å². The molecule has 0 unspecified atom stereocenters. The van der Waals surface area contributed by atoms with Crippen molar-refractivity contribution in [2.45, 2.75) is 4.90 Å². The van der Waals surface area contributed by atoms with Crippen molar-refractivity contribution in [3.8, 4) is 0 Å². The lowest BCUT2D eigenvalue weighted by molar-refractivity contribution is 0.588. The van der Waals surface area contributed by atoms with Gasteiger partial charge in [-0.3, -0.25) is 0 Å². The van der Waals surface area contributed by atoms with Crippen LogP contribution >= 0.6 is 0 Å². The first-order chi connectivity index (χ1) is 9.42. The van der Waals surface area contributed by atoms with Gasteiger partial charge in [-0.2, -0.15) is 4.98 Å². The molecule has 0 fully saturated rings. The molecular formula is C11H12FN5O2S. The highest BCUT2D eigenvalue weighted by atomic mass is 32.2. The number of sulfonamides is 1. The van der Waals surface area contributed by atoms with E-state index in [4.69, 9.17) is 5.73 Å². The summed E-state index contributed by atoms with van der Waals surface area (Å²) in [6.07, 6.45) is 0.929. The third-order valence-electron chi connectivity index (χ3n) is 2.44. The molecule has 0 saturated carbocycles. The molecule has 1 heterocycles. The van der Waals surface area contributed by atoms with E-state index in [0.29, 0.717) is 5.69 Å². The van der Waals surface area contributed by atoms with Crippen molar-refractivity contribution in [1.29, 1.82) is 0 Å². The van der Waals surface area contributed by atoms with Gasteiger partial charge in [0.05, 0.1) is 11.1 Å². The second-order valence-electron chi connectivity index (χ2n) is 3.79. The quantitative estimate of drug-likeness (QED) is 0.771. The second-order valence-corrected chi connectivity index (χ2v) is 5.67. The Balaban J connectivity index is 2.35. The number of nitrogens with one attached hydrogen (secondary N) is 2. The lowest BCUT2D eigenvalue weighted by atomic mass is 10.3. The van der Waals surface area contributed by atoms with E-state index >= 15 is 0 Å². The van der Waals surface area contributed by atoms with Crippen LogP contribution in [-0.4, -0.2) is 25.4 Å². The van der Waals surface area contributed by atoms with Crippen molar-refractivity contribution in [2.75, 3.05) is 18.1 Å². The minimum Gasteiger partial charge on any atom is -0.368 e. The van der Waals surface area contributed by atoms with Crippen LogP contribution in [0.3, 0.4) is 0 Å². The number of aromatic nitrogens is 2. The maximum absolute atomic E-state index is 13.5. The fourth-order valence-electron chi connectivity index (χ4n) is 1.46. The van der Waals surface area contributed by atoms with E-state index < -0.39 is 15.8 Å². The average molecular weight is 297 g/mol. The molecule has 1 aromatic carbocycles. The Bertz CT molecular complexity index is 735. The van der Waals surface area contributed by atoms with Gasteiger partial charge in [-0.05, 0) is 25.2 Å². The molecule has 106 valence electrons. The fourth-order valence-corrected chi connectivity index (χ4v) is 2.24. The molecule has 0 bridgehead atoms. The lowest BCUT2D eigenvalue weighted by Crippen LogP contribution is -2.18. The number of nitrogens with two attached hydrogens (primary N) is 1. The molecule has 20 heavy (non-hydrogen) atoms. The van der Waals surface area contributed by atoms with E-state index in [0.717, 1.165) is 6.20 Å². The zero-order valence-corrected chi connectivity index (χ0v) is 11.3. The summed E-state index contributed by atoms with van der Waals surface area (Å²) < 4.78 is 39.0. The molecule has 1 aromatic heterocycles. The molecule has 2 rings (SSSR count). The Hall–Kier alpha value is -2.26. The van der Waals surface area contributed by atoms with Gasteiger partial charge >= 0.3 is 0 Å². The summed E-state index contributed by atoms with van der Waals surface area (Å²) in [4.78, 5) is 7.24. The predicted octanol–water partition coefficient (Wildman–Crippen LogP) is 0.850. The molecule has 0 amide bonds. The third-order valence-corrected chi connectivity index (χ3v) is 3.85. The van der Waals surface area contributed by atoms with Crippen LogP contribution in [0.5, 0.6) is 0 Å². The molecule has 0 aliphatic carbocycles. The summed E-state index contributed by atoms with van der Waals surface area (Å²) in [6, 6.07) is 5.87. The van der Waals surface area contributed by atoms with E-state index in [1.165, 1.54) is 25.2 Å². The van der Waals surface area contributed by atoms with Gasteiger partial charge in [0, 0.05) is 5.69 Å². The summed E-state index contributed by atoms with van der Waals surface area (Å²) in [7, 11) is -2.27. The molecule has 0 atom stereocenters. The summed E-state index contributed by atoms with van der Waals surface area (Å²) in [6.45, 7) is 0. The maximum atomic E-state index is 13.5. The van der Waals surface area contributed by atoms with Crippen LogP contribution in [0, 0.1) is 5.82 Å². The SMILES string of the molecule is CNS(=O)(=O)c1cccc(Nc2nc(N)ncc2F)c1. The summed E-state index contributed by atoms with van der Waals surface area (Å²) in [5.74, 6) is -0.912. The molecule has 0 aliphatic heterocycles. The van der Waals surface area contributed by atoms with Crippen LogP contribution in [0.15, 0.2) is 35.4 Å². The Morgan fingerprint density at radius 2 is 2.10 bits per heavy atom. The Labute approximate surface area is 115 Å². The molecule has 0 saturated heterocycles. The van der Waals surface area contributed by atoms with Crippen molar-refractivity contribution in [1.82, 2.24) is 14.7 Å². The van der Waals surface area contributed by atoms with Gasteiger partial charge in [-0.25, -0.2) is 22.5 Å². The zero-order chi connectivity index (χ0) is 14.8. The molecule has 2 aromatic rings. The number of benzene rings is 1. The standard InChI is InChI=1S/C11H12FN5O2S/c1-14-20(18,19)8-4-2-3-7(5-8)16-10-9(12)6-15-11(13)17-10/h2-6,14H,1H3,(H3,13,15,16,17). The van der Waals surface area contributed by atoms with E-state index in [-0.39, 0.29) is 16.7 Å². The summed E-state index contributed by atoms with van der Waals surface area (Å²) in [5.41, 5.74) is 5.73. The Morgan fingerprint density at radius 1 is 1.35 bits per heavy atom. The van der Waals surface area contributed by atoms with Crippen molar-refractivity contribution in [3.05, 3.63) is 36.3 Å². The van der Waals surface area contributed by atoms with E-state index in [2.05, 4.69) is 20.0 Å². The summed E-state index contributed by atoms with van der Waals surface area (Å²) in [5, 5.41) is 2.65. The van der Waals surface area contributed by atoms with Gasteiger partial charge in [0.25, 0.3) is 0 Å². The average Bonchev–Trinajstić information content (AvgIpc) is 2.43. The topological polar surface area (TPSA) is 110 Å².